The minimum absolute atomic E-state index is 0.0822. The Morgan fingerprint density at radius 2 is 2.20 bits per heavy atom. The first-order valence-electron chi connectivity index (χ1n) is 5.83. The van der Waals surface area contributed by atoms with Crippen molar-refractivity contribution in [3.05, 3.63) is 35.7 Å². The van der Waals surface area contributed by atoms with E-state index in [1.54, 1.807) is 36.0 Å². The summed E-state index contributed by atoms with van der Waals surface area (Å²) in [6.45, 7) is 2.45. The topological polar surface area (TPSA) is 93.6 Å². The Bertz CT molecular complexity index is 583. The second kappa shape index (κ2) is 7.11. The highest BCUT2D eigenvalue weighted by molar-refractivity contribution is 8.00. The molecule has 20 heavy (non-hydrogen) atoms. The number of amidine groups is 1. The van der Waals surface area contributed by atoms with Crippen LogP contribution in [0.15, 0.2) is 33.8 Å². The van der Waals surface area contributed by atoms with Crippen molar-refractivity contribution in [3.8, 4) is 5.75 Å². The van der Waals surface area contributed by atoms with E-state index in [1.165, 1.54) is 11.5 Å². The van der Waals surface area contributed by atoms with Crippen LogP contribution in [0.3, 0.4) is 0 Å². The molecular formula is C12H14N4O2S2. The van der Waals surface area contributed by atoms with Crippen LogP contribution in [-0.2, 0) is 0 Å². The molecule has 0 aliphatic heterocycles. The molecule has 1 heterocycles. The summed E-state index contributed by atoms with van der Waals surface area (Å²) in [6, 6.07) is 7.05. The van der Waals surface area contributed by atoms with Crippen molar-refractivity contribution in [3.63, 3.8) is 0 Å². The Hall–Kier alpha value is -1.80. The Morgan fingerprint density at radius 3 is 2.80 bits per heavy atom. The minimum atomic E-state index is 0.0822. The summed E-state index contributed by atoms with van der Waals surface area (Å²) in [6.07, 6.45) is 0. The van der Waals surface area contributed by atoms with E-state index in [1.807, 2.05) is 6.92 Å². The van der Waals surface area contributed by atoms with Gasteiger partial charge in [-0.3, -0.25) is 0 Å². The molecule has 106 valence electrons. The minimum Gasteiger partial charge on any atom is -0.493 e. The number of aromatic nitrogens is 2. The molecule has 0 bridgehead atoms. The number of oxime groups is 1. The van der Waals surface area contributed by atoms with Gasteiger partial charge in [0.05, 0.1) is 6.61 Å². The number of thioether (sulfide) groups is 1. The number of hydrogen-bond acceptors (Lipinski definition) is 7. The largest absolute Gasteiger partial charge is 0.493 e. The van der Waals surface area contributed by atoms with Crippen LogP contribution in [0.5, 0.6) is 5.75 Å². The lowest BCUT2D eigenvalue weighted by atomic mass is 10.2. The van der Waals surface area contributed by atoms with Crippen molar-refractivity contribution in [2.24, 2.45) is 10.9 Å². The fourth-order valence-electron chi connectivity index (χ4n) is 1.40. The average molecular weight is 310 g/mol. The smallest absolute Gasteiger partial charge is 0.170 e. The van der Waals surface area contributed by atoms with Gasteiger partial charge in [-0.05, 0) is 42.7 Å². The van der Waals surface area contributed by atoms with E-state index < -0.39 is 0 Å². The molecule has 0 unspecified atom stereocenters. The van der Waals surface area contributed by atoms with Crippen LogP contribution in [0.4, 0.5) is 0 Å². The van der Waals surface area contributed by atoms with Crippen molar-refractivity contribution in [2.45, 2.75) is 11.3 Å². The number of benzene rings is 1. The highest BCUT2D eigenvalue weighted by atomic mass is 32.2. The molecule has 0 fully saturated rings. The van der Waals surface area contributed by atoms with Gasteiger partial charge in [-0.15, -0.1) is 0 Å². The number of nitrogens with two attached hydrogens (primary N) is 1. The molecular weight excluding hydrogens is 296 g/mol. The third-order valence-corrected chi connectivity index (χ3v) is 4.23. The second-order valence-electron chi connectivity index (χ2n) is 3.81. The number of ether oxygens (including phenoxy) is 1. The summed E-state index contributed by atoms with van der Waals surface area (Å²) in [7, 11) is 0. The molecule has 0 aliphatic carbocycles. The Kier molecular flexibility index (Phi) is 5.19. The Labute approximate surface area is 124 Å². The lowest BCUT2D eigenvalue weighted by Gasteiger charge is -2.05. The molecule has 1 aromatic heterocycles. The van der Waals surface area contributed by atoms with Gasteiger partial charge in [0.1, 0.15) is 11.6 Å². The average Bonchev–Trinajstić information content (AvgIpc) is 2.89. The van der Waals surface area contributed by atoms with Crippen LogP contribution >= 0.6 is 23.3 Å². The van der Waals surface area contributed by atoms with Crippen LogP contribution < -0.4 is 10.5 Å². The van der Waals surface area contributed by atoms with Gasteiger partial charge in [0.15, 0.2) is 10.2 Å². The summed E-state index contributed by atoms with van der Waals surface area (Å²) < 4.78 is 10.7. The monoisotopic (exact) mass is 310 g/mol. The number of nitrogens with zero attached hydrogens (tertiary/aromatic N) is 3. The Morgan fingerprint density at radius 1 is 1.45 bits per heavy atom. The molecule has 0 atom stereocenters. The quantitative estimate of drug-likeness (QED) is 0.212. The maximum atomic E-state index is 8.56. The first kappa shape index (κ1) is 14.6. The maximum absolute atomic E-state index is 8.56. The van der Waals surface area contributed by atoms with Gasteiger partial charge < -0.3 is 15.7 Å². The predicted octanol–water partition coefficient (Wildman–Crippen LogP) is 2.11. The van der Waals surface area contributed by atoms with Gasteiger partial charge in [0, 0.05) is 11.3 Å². The van der Waals surface area contributed by atoms with Gasteiger partial charge in [-0.25, -0.2) is 4.98 Å². The normalized spacial score (nSPS) is 11.6. The van der Waals surface area contributed by atoms with Crippen LogP contribution in [0.2, 0.25) is 0 Å². The van der Waals surface area contributed by atoms with Crippen LogP contribution in [0, 0.1) is 6.92 Å². The van der Waals surface area contributed by atoms with Crippen molar-refractivity contribution in [1.29, 1.82) is 0 Å². The SMILES string of the molecule is Cc1nsc(SCCOc2ccc(/C(N)=N/O)cc2)n1. The zero-order valence-electron chi connectivity index (χ0n) is 10.8. The summed E-state index contributed by atoms with van der Waals surface area (Å²) in [4.78, 5) is 4.26. The summed E-state index contributed by atoms with van der Waals surface area (Å²) >= 11 is 3.02. The highest BCUT2D eigenvalue weighted by Crippen LogP contribution is 2.20. The highest BCUT2D eigenvalue weighted by Gasteiger charge is 2.02. The molecule has 0 saturated heterocycles. The molecule has 2 rings (SSSR count). The molecule has 0 spiro atoms. The lowest BCUT2D eigenvalue weighted by molar-refractivity contribution is 0.318. The molecule has 3 N–H and O–H groups in total. The van der Waals surface area contributed by atoms with Crippen molar-refractivity contribution >= 4 is 29.1 Å². The number of hydrogen-bond donors (Lipinski definition) is 2. The molecule has 2 aromatic rings. The molecule has 6 nitrogen and oxygen atoms in total. The van der Waals surface area contributed by atoms with E-state index in [0.717, 1.165) is 21.7 Å². The number of rotatable bonds is 6. The van der Waals surface area contributed by atoms with Crippen LogP contribution in [-0.4, -0.2) is 32.8 Å². The third kappa shape index (κ3) is 4.10. The number of aryl methyl sites for hydroxylation is 1. The molecule has 0 amide bonds. The zero-order valence-corrected chi connectivity index (χ0v) is 12.4. The molecule has 1 aromatic carbocycles. The summed E-state index contributed by atoms with van der Waals surface area (Å²) in [5.41, 5.74) is 6.13. The van der Waals surface area contributed by atoms with Gasteiger partial charge in [-0.1, -0.05) is 16.9 Å². The van der Waals surface area contributed by atoms with Crippen LogP contribution in [0.25, 0.3) is 0 Å². The molecule has 0 aliphatic rings. The fourth-order valence-corrected chi connectivity index (χ4v) is 2.94. The van der Waals surface area contributed by atoms with E-state index in [2.05, 4.69) is 14.5 Å². The van der Waals surface area contributed by atoms with Gasteiger partial charge in [0.2, 0.25) is 0 Å². The summed E-state index contributed by atoms with van der Waals surface area (Å²) in [5.74, 6) is 2.43. The molecule has 8 heteroatoms. The first-order chi connectivity index (χ1) is 9.69. The van der Waals surface area contributed by atoms with Crippen molar-refractivity contribution in [1.82, 2.24) is 9.36 Å². The standard InChI is InChI=1S/C12H14N4O2S2/c1-8-14-12(20-16-8)19-7-6-18-10-4-2-9(3-5-10)11(13)15-17/h2-5,17H,6-7H2,1H3,(H2,13,15). The first-order valence-corrected chi connectivity index (χ1v) is 7.59. The van der Waals surface area contributed by atoms with Gasteiger partial charge in [-0.2, -0.15) is 4.37 Å². The van der Waals surface area contributed by atoms with E-state index in [4.69, 9.17) is 15.7 Å². The van der Waals surface area contributed by atoms with Gasteiger partial charge in [0.25, 0.3) is 0 Å². The molecule has 0 radical (unpaired) electrons. The van der Waals surface area contributed by atoms with Crippen LogP contribution in [0.1, 0.15) is 11.4 Å². The maximum Gasteiger partial charge on any atom is 0.170 e. The van der Waals surface area contributed by atoms with Crippen molar-refractivity contribution in [2.75, 3.05) is 12.4 Å². The second-order valence-corrected chi connectivity index (χ2v) is 5.91. The van der Waals surface area contributed by atoms with E-state index in [0.29, 0.717) is 12.2 Å². The zero-order chi connectivity index (χ0) is 14.4. The van der Waals surface area contributed by atoms with Gasteiger partial charge >= 0.3 is 0 Å². The predicted molar refractivity (Wildman–Crippen MR) is 79.8 cm³/mol. The lowest BCUT2D eigenvalue weighted by Crippen LogP contribution is -2.12. The van der Waals surface area contributed by atoms with E-state index in [9.17, 15) is 0 Å². The van der Waals surface area contributed by atoms with E-state index in [-0.39, 0.29) is 5.84 Å². The fraction of sp³-hybridized carbons (Fsp3) is 0.250. The Balaban J connectivity index is 1.77. The summed E-state index contributed by atoms with van der Waals surface area (Å²) in [5, 5.41) is 11.5. The third-order valence-electron chi connectivity index (χ3n) is 2.34. The molecule has 0 saturated carbocycles. The van der Waals surface area contributed by atoms with E-state index >= 15 is 0 Å². The van der Waals surface area contributed by atoms with Crippen molar-refractivity contribution < 1.29 is 9.94 Å².